The number of benzene rings is 1. The molecule has 1 saturated carbocycles. The van der Waals surface area contributed by atoms with Crippen molar-refractivity contribution in [2.24, 2.45) is 5.73 Å². The van der Waals surface area contributed by atoms with Crippen molar-refractivity contribution in [1.29, 1.82) is 0 Å². The van der Waals surface area contributed by atoms with Crippen molar-refractivity contribution in [3.05, 3.63) is 34.9 Å². The van der Waals surface area contributed by atoms with E-state index < -0.39 is 32.5 Å². The van der Waals surface area contributed by atoms with Crippen LogP contribution < -0.4 is 5.73 Å². The number of rotatable bonds is 4. The van der Waals surface area contributed by atoms with Crippen LogP contribution in [0.25, 0.3) is 0 Å². The zero-order valence-corrected chi connectivity index (χ0v) is 12.7. The second-order valence-corrected chi connectivity index (χ2v) is 7.54. The highest BCUT2D eigenvalue weighted by Crippen LogP contribution is 2.54. The number of hydrogen-bond donors (Lipinski definition) is 1. The summed E-state index contributed by atoms with van der Waals surface area (Å²) in [5, 5.41) is -0.431. The van der Waals surface area contributed by atoms with E-state index in [1.807, 2.05) is 0 Å². The fourth-order valence-electron chi connectivity index (χ4n) is 2.60. The van der Waals surface area contributed by atoms with Gasteiger partial charge in [0, 0.05) is 17.2 Å². The van der Waals surface area contributed by atoms with E-state index in [9.17, 15) is 13.2 Å². The van der Waals surface area contributed by atoms with Gasteiger partial charge in [-0.15, -0.1) is 0 Å². The van der Waals surface area contributed by atoms with Crippen LogP contribution in [-0.2, 0) is 19.4 Å². The van der Waals surface area contributed by atoms with Crippen LogP contribution in [0.3, 0.4) is 0 Å². The van der Waals surface area contributed by atoms with Gasteiger partial charge >= 0.3 is 5.97 Å². The molecule has 5 nitrogen and oxygen atoms in total. The summed E-state index contributed by atoms with van der Waals surface area (Å²) in [5.74, 6) is -1.29. The van der Waals surface area contributed by atoms with E-state index in [2.05, 4.69) is 0 Å². The zero-order valence-electron chi connectivity index (χ0n) is 11.2. The van der Waals surface area contributed by atoms with Gasteiger partial charge in [-0.1, -0.05) is 23.7 Å². The molecule has 1 aliphatic rings. The van der Waals surface area contributed by atoms with E-state index >= 15 is 0 Å². The Morgan fingerprint density at radius 3 is 2.40 bits per heavy atom. The quantitative estimate of drug-likeness (QED) is 0.841. The average Bonchev–Trinajstić information content (AvgIpc) is 2.99. The molecule has 110 valence electrons. The highest BCUT2D eigenvalue weighted by Gasteiger charge is 2.73. The highest BCUT2D eigenvalue weighted by molar-refractivity contribution is 7.91. The second kappa shape index (κ2) is 5.02. The predicted octanol–water partition coefficient (Wildman–Crippen LogP) is 1.11. The third-order valence-electron chi connectivity index (χ3n) is 3.50. The van der Waals surface area contributed by atoms with E-state index in [1.54, 1.807) is 31.2 Å². The molecule has 20 heavy (non-hydrogen) atoms. The van der Waals surface area contributed by atoms with Crippen LogP contribution in [0.5, 0.6) is 0 Å². The van der Waals surface area contributed by atoms with E-state index in [0.717, 1.165) is 6.26 Å². The van der Waals surface area contributed by atoms with Crippen molar-refractivity contribution >= 4 is 27.4 Å². The number of carbonyl (C=O) groups is 1. The first kappa shape index (κ1) is 15.3. The van der Waals surface area contributed by atoms with Crippen LogP contribution >= 0.6 is 11.6 Å². The number of ether oxygens (including phenoxy) is 1. The lowest BCUT2D eigenvalue weighted by Crippen LogP contribution is -2.41. The number of nitrogens with two attached hydrogens (primary N) is 1. The lowest BCUT2D eigenvalue weighted by atomic mass is 10.1. The molecule has 0 aromatic heterocycles. The molecule has 3 unspecified atom stereocenters. The minimum absolute atomic E-state index is 0.154. The molecule has 1 aromatic carbocycles. The maximum absolute atomic E-state index is 12.0. The fraction of sp³-hybridized carbons (Fsp3) is 0.462. The Kier molecular flexibility index (Phi) is 3.83. The molecular weight excluding hydrogens is 302 g/mol. The van der Waals surface area contributed by atoms with Crippen LogP contribution in [0.15, 0.2) is 24.3 Å². The van der Waals surface area contributed by atoms with Gasteiger partial charge in [-0.2, -0.15) is 0 Å². The summed E-state index contributed by atoms with van der Waals surface area (Å²) < 4.78 is 28.6. The summed E-state index contributed by atoms with van der Waals surface area (Å²) in [6, 6.07) is 6.64. The molecular formula is C13H16ClNO4S. The molecule has 7 heteroatoms. The van der Waals surface area contributed by atoms with Gasteiger partial charge in [-0.3, -0.25) is 0 Å². The average molecular weight is 318 g/mol. The predicted molar refractivity (Wildman–Crippen MR) is 76.4 cm³/mol. The molecule has 2 rings (SSSR count). The molecule has 0 radical (unpaired) electrons. The zero-order chi connectivity index (χ0) is 15.1. The first-order valence-electron chi connectivity index (χ1n) is 6.13. The SMILES string of the molecule is CCOC(=O)C1(N)C(c2ccc(Cl)cc2)C1S(C)(=O)=O. The normalized spacial score (nSPS) is 29.0. The van der Waals surface area contributed by atoms with E-state index in [-0.39, 0.29) is 6.61 Å². The van der Waals surface area contributed by atoms with Gasteiger partial charge < -0.3 is 10.5 Å². The van der Waals surface area contributed by atoms with Crippen molar-refractivity contribution < 1.29 is 17.9 Å². The number of carbonyl (C=O) groups excluding carboxylic acids is 1. The van der Waals surface area contributed by atoms with Crippen LogP contribution in [0, 0.1) is 0 Å². The molecule has 0 amide bonds. The van der Waals surface area contributed by atoms with Crippen molar-refractivity contribution in [2.75, 3.05) is 12.9 Å². The summed E-state index contributed by atoms with van der Waals surface area (Å²) >= 11 is 5.81. The van der Waals surface area contributed by atoms with E-state index in [4.69, 9.17) is 22.1 Å². The molecule has 0 saturated heterocycles. The Bertz CT molecular complexity index is 628. The molecule has 3 atom stereocenters. The first-order chi connectivity index (χ1) is 9.22. The topological polar surface area (TPSA) is 86.5 Å². The molecule has 1 aromatic rings. The number of esters is 1. The van der Waals surface area contributed by atoms with Crippen molar-refractivity contribution in [3.63, 3.8) is 0 Å². The number of sulfone groups is 1. The first-order valence-corrected chi connectivity index (χ1v) is 8.46. The van der Waals surface area contributed by atoms with Crippen LogP contribution in [0.4, 0.5) is 0 Å². The standard InChI is InChI=1S/C13H16ClNO4S/c1-3-19-12(16)13(15)10(11(13)20(2,17)18)8-4-6-9(14)7-5-8/h4-7,10-11H,3,15H2,1-2H3. The van der Waals surface area contributed by atoms with Gasteiger partial charge in [0.05, 0.1) is 11.9 Å². The molecule has 0 aliphatic heterocycles. The monoisotopic (exact) mass is 317 g/mol. The maximum Gasteiger partial charge on any atom is 0.328 e. The second-order valence-electron chi connectivity index (χ2n) is 4.93. The van der Waals surface area contributed by atoms with E-state index in [0.29, 0.717) is 10.6 Å². The number of halogens is 1. The highest BCUT2D eigenvalue weighted by atomic mass is 35.5. The van der Waals surface area contributed by atoms with Gasteiger partial charge in [0.25, 0.3) is 0 Å². The summed E-state index contributed by atoms with van der Waals surface area (Å²) in [7, 11) is -3.47. The van der Waals surface area contributed by atoms with E-state index in [1.165, 1.54) is 0 Å². The van der Waals surface area contributed by atoms with Crippen LogP contribution in [0.2, 0.25) is 5.02 Å². The molecule has 1 aliphatic carbocycles. The summed E-state index contributed by atoms with van der Waals surface area (Å²) in [6.07, 6.45) is 1.08. The van der Waals surface area contributed by atoms with Crippen molar-refractivity contribution in [1.82, 2.24) is 0 Å². The van der Waals surface area contributed by atoms with Gasteiger partial charge in [-0.05, 0) is 24.6 Å². The lowest BCUT2D eigenvalue weighted by molar-refractivity contribution is -0.145. The summed E-state index contributed by atoms with van der Waals surface area (Å²) in [5.41, 5.74) is 5.18. The van der Waals surface area contributed by atoms with Gasteiger partial charge in [0.15, 0.2) is 9.84 Å². The molecule has 1 fully saturated rings. The van der Waals surface area contributed by atoms with Crippen LogP contribution in [-0.4, -0.2) is 38.0 Å². The number of hydrogen-bond acceptors (Lipinski definition) is 5. The van der Waals surface area contributed by atoms with Gasteiger partial charge in [0.1, 0.15) is 5.54 Å². The smallest absolute Gasteiger partial charge is 0.328 e. The summed E-state index contributed by atoms with van der Waals surface area (Å²) in [6.45, 7) is 1.80. The Morgan fingerprint density at radius 1 is 1.40 bits per heavy atom. The maximum atomic E-state index is 12.0. The minimum Gasteiger partial charge on any atom is -0.465 e. The summed E-state index contributed by atoms with van der Waals surface area (Å²) in [4.78, 5) is 12.0. The molecule has 0 spiro atoms. The Morgan fingerprint density at radius 2 is 1.95 bits per heavy atom. The molecule has 2 N–H and O–H groups in total. The fourth-order valence-corrected chi connectivity index (χ4v) is 4.47. The molecule has 0 heterocycles. The Balaban J connectivity index is 2.41. The van der Waals surface area contributed by atoms with Crippen molar-refractivity contribution in [2.45, 2.75) is 23.6 Å². The third-order valence-corrected chi connectivity index (χ3v) is 5.34. The molecule has 0 bridgehead atoms. The Labute approximate surface area is 123 Å². The lowest BCUT2D eigenvalue weighted by Gasteiger charge is -2.10. The van der Waals surface area contributed by atoms with Crippen LogP contribution in [0.1, 0.15) is 18.4 Å². The van der Waals surface area contributed by atoms with Gasteiger partial charge in [-0.25, -0.2) is 13.2 Å². The van der Waals surface area contributed by atoms with Crippen molar-refractivity contribution in [3.8, 4) is 0 Å². The Hall–Kier alpha value is -1.11. The largest absolute Gasteiger partial charge is 0.465 e. The minimum atomic E-state index is -3.47. The van der Waals surface area contributed by atoms with Gasteiger partial charge in [0.2, 0.25) is 0 Å². The third kappa shape index (κ3) is 2.43.